The number of piperidine rings is 1. The van der Waals surface area contributed by atoms with Gasteiger partial charge in [0.25, 0.3) is 0 Å². The van der Waals surface area contributed by atoms with Gasteiger partial charge in [0.2, 0.25) is 17.7 Å². The Morgan fingerprint density at radius 3 is 2.67 bits per heavy atom. The number of nitrogens with one attached hydrogen (secondary N) is 1. The molecule has 108 valence electrons. The van der Waals surface area contributed by atoms with Gasteiger partial charge in [-0.1, -0.05) is 15.9 Å². The number of nitrogens with zero attached hydrogens (tertiary/aromatic N) is 1. The van der Waals surface area contributed by atoms with E-state index in [1.165, 1.54) is 0 Å². The van der Waals surface area contributed by atoms with E-state index >= 15 is 0 Å². The standard InChI is InChI=1S/C15H13BrN2O3/c16-8-1-2-10-9(7-8)15(5-6-15)14(21)18(10)11-3-4-12(19)17-13(11)20/h1-2,7,11H,3-6H2,(H,17,19,20). The minimum Gasteiger partial charge on any atom is -0.299 e. The third-order valence-electron chi connectivity index (χ3n) is 4.63. The lowest BCUT2D eigenvalue weighted by atomic mass is 9.98. The van der Waals surface area contributed by atoms with Gasteiger partial charge in [-0.05, 0) is 43.0 Å². The minimum absolute atomic E-state index is 0.00472. The molecule has 1 aromatic carbocycles. The number of hydrogen-bond donors (Lipinski definition) is 1. The summed E-state index contributed by atoms with van der Waals surface area (Å²) in [5.41, 5.74) is 1.39. The molecule has 2 aliphatic heterocycles. The highest BCUT2D eigenvalue weighted by Crippen LogP contribution is 2.58. The first kappa shape index (κ1) is 13.0. The molecule has 1 saturated carbocycles. The van der Waals surface area contributed by atoms with Gasteiger partial charge in [0.05, 0.1) is 5.41 Å². The Balaban J connectivity index is 1.79. The van der Waals surface area contributed by atoms with Crippen LogP contribution in [0.2, 0.25) is 0 Å². The van der Waals surface area contributed by atoms with Gasteiger partial charge in [-0.3, -0.25) is 24.6 Å². The molecule has 1 aliphatic carbocycles. The van der Waals surface area contributed by atoms with Crippen LogP contribution >= 0.6 is 15.9 Å². The molecule has 5 nitrogen and oxygen atoms in total. The van der Waals surface area contributed by atoms with Gasteiger partial charge in [-0.15, -0.1) is 0 Å². The van der Waals surface area contributed by atoms with E-state index in [1.54, 1.807) is 4.90 Å². The van der Waals surface area contributed by atoms with E-state index in [4.69, 9.17) is 0 Å². The SMILES string of the molecule is O=C1CCC(N2C(=O)C3(CC3)c3cc(Br)ccc32)C(=O)N1. The summed E-state index contributed by atoms with van der Waals surface area (Å²) in [6.45, 7) is 0. The summed E-state index contributed by atoms with van der Waals surface area (Å²) in [7, 11) is 0. The lowest BCUT2D eigenvalue weighted by Crippen LogP contribution is -2.54. The molecule has 1 atom stereocenters. The van der Waals surface area contributed by atoms with Crippen molar-refractivity contribution in [1.82, 2.24) is 5.32 Å². The Bertz CT molecular complexity index is 696. The van der Waals surface area contributed by atoms with Crippen molar-refractivity contribution in [3.8, 4) is 0 Å². The lowest BCUT2D eigenvalue weighted by molar-refractivity contribution is -0.135. The predicted octanol–water partition coefficient (Wildman–Crippen LogP) is 1.63. The molecule has 2 heterocycles. The Morgan fingerprint density at radius 2 is 2.00 bits per heavy atom. The van der Waals surface area contributed by atoms with Crippen molar-refractivity contribution < 1.29 is 14.4 Å². The molecular formula is C15H13BrN2O3. The summed E-state index contributed by atoms with van der Waals surface area (Å²) in [6, 6.07) is 5.17. The smallest absolute Gasteiger partial charge is 0.249 e. The summed E-state index contributed by atoms with van der Waals surface area (Å²) >= 11 is 3.45. The number of hydrogen-bond acceptors (Lipinski definition) is 3. The van der Waals surface area contributed by atoms with Crippen LogP contribution in [-0.4, -0.2) is 23.8 Å². The second kappa shape index (κ2) is 4.16. The summed E-state index contributed by atoms with van der Waals surface area (Å²) in [5, 5.41) is 2.34. The van der Waals surface area contributed by atoms with Crippen LogP contribution < -0.4 is 10.2 Å². The molecule has 3 aliphatic rings. The van der Waals surface area contributed by atoms with Gasteiger partial charge in [0.1, 0.15) is 6.04 Å². The third-order valence-corrected chi connectivity index (χ3v) is 5.13. The molecule has 1 spiro atoms. The Hall–Kier alpha value is -1.69. The zero-order chi connectivity index (χ0) is 14.8. The highest BCUT2D eigenvalue weighted by Gasteiger charge is 2.61. The fourth-order valence-corrected chi connectivity index (χ4v) is 3.76. The monoisotopic (exact) mass is 348 g/mol. The highest BCUT2D eigenvalue weighted by molar-refractivity contribution is 9.10. The van der Waals surface area contributed by atoms with Crippen LogP contribution in [0.5, 0.6) is 0 Å². The molecule has 3 amide bonds. The summed E-state index contributed by atoms with van der Waals surface area (Å²) in [6.07, 6.45) is 2.33. The molecule has 0 aromatic heterocycles. The molecule has 1 N–H and O–H groups in total. The van der Waals surface area contributed by atoms with Crippen molar-refractivity contribution in [1.29, 1.82) is 0 Å². The Kier molecular flexibility index (Phi) is 2.58. The van der Waals surface area contributed by atoms with Crippen molar-refractivity contribution in [3.05, 3.63) is 28.2 Å². The average molecular weight is 349 g/mol. The molecule has 6 heteroatoms. The molecule has 0 bridgehead atoms. The average Bonchev–Trinajstić information content (AvgIpc) is 3.20. The number of anilines is 1. The lowest BCUT2D eigenvalue weighted by Gasteiger charge is -2.30. The van der Waals surface area contributed by atoms with Crippen LogP contribution in [0, 0.1) is 0 Å². The van der Waals surface area contributed by atoms with Crippen LogP contribution in [0.3, 0.4) is 0 Å². The zero-order valence-corrected chi connectivity index (χ0v) is 12.8. The fourth-order valence-electron chi connectivity index (χ4n) is 3.40. The van der Waals surface area contributed by atoms with Gasteiger partial charge < -0.3 is 0 Å². The van der Waals surface area contributed by atoms with E-state index in [9.17, 15) is 14.4 Å². The maximum atomic E-state index is 12.8. The molecule has 21 heavy (non-hydrogen) atoms. The number of carbonyl (C=O) groups is 3. The van der Waals surface area contributed by atoms with E-state index in [2.05, 4.69) is 21.2 Å². The van der Waals surface area contributed by atoms with Crippen molar-refractivity contribution in [2.75, 3.05) is 4.90 Å². The second-order valence-electron chi connectivity index (χ2n) is 5.89. The van der Waals surface area contributed by atoms with Gasteiger partial charge in [0, 0.05) is 16.6 Å². The molecule has 1 unspecified atom stereocenters. The number of amides is 3. The molecule has 0 radical (unpaired) electrons. The number of imide groups is 1. The minimum atomic E-state index is -0.574. The Labute approximate surface area is 129 Å². The van der Waals surface area contributed by atoms with E-state index < -0.39 is 11.5 Å². The highest BCUT2D eigenvalue weighted by atomic mass is 79.9. The van der Waals surface area contributed by atoms with Crippen molar-refractivity contribution in [2.24, 2.45) is 0 Å². The maximum absolute atomic E-state index is 12.8. The number of fused-ring (bicyclic) bond motifs is 2. The third kappa shape index (κ3) is 1.71. The molecule has 4 rings (SSSR count). The van der Waals surface area contributed by atoms with Crippen molar-refractivity contribution in [3.63, 3.8) is 0 Å². The van der Waals surface area contributed by atoms with E-state index in [-0.39, 0.29) is 24.1 Å². The Morgan fingerprint density at radius 1 is 1.24 bits per heavy atom. The fraction of sp³-hybridized carbons (Fsp3) is 0.400. The summed E-state index contributed by atoms with van der Waals surface area (Å²) in [4.78, 5) is 37.9. The van der Waals surface area contributed by atoms with Crippen molar-refractivity contribution in [2.45, 2.75) is 37.1 Å². The molecular weight excluding hydrogens is 336 g/mol. The predicted molar refractivity (Wildman–Crippen MR) is 78.7 cm³/mol. The van der Waals surface area contributed by atoms with Gasteiger partial charge in [-0.25, -0.2) is 0 Å². The quantitative estimate of drug-likeness (QED) is 0.784. The van der Waals surface area contributed by atoms with Crippen LogP contribution in [0.15, 0.2) is 22.7 Å². The van der Waals surface area contributed by atoms with Crippen LogP contribution in [0.4, 0.5) is 5.69 Å². The zero-order valence-electron chi connectivity index (χ0n) is 11.2. The first-order valence-electron chi connectivity index (χ1n) is 7.00. The summed E-state index contributed by atoms with van der Waals surface area (Å²) in [5.74, 6) is -0.628. The normalized spacial score (nSPS) is 26.0. The molecule has 1 aromatic rings. The number of rotatable bonds is 1. The van der Waals surface area contributed by atoms with Crippen LogP contribution in [0.1, 0.15) is 31.2 Å². The first-order chi connectivity index (χ1) is 10.0. The number of halogens is 1. The number of benzene rings is 1. The maximum Gasteiger partial charge on any atom is 0.249 e. The largest absolute Gasteiger partial charge is 0.299 e. The van der Waals surface area contributed by atoms with Gasteiger partial charge in [0.15, 0.2) is 0 Å². The van der Waals surface area contributed by atoms with Gasteiger partial charge >= 0.3 is 0 Å². The van der Waals surface area contributed by atoms with Crippen molar-refractivity contribution >= 4 is 39.3 Å². The van der Waals surface area contributed by atoms with E-state index in [0.717, 1.165) is 28.6 Å². The van der Waals surface area contributed by atoms with Crippen LogP contribution in [0.25, 0.3) is 0 Å². The van der Waals surface area contributed by atoms with Gasteiger partial charge in [-0.2, -0.15) is 0 Å². The second-order valence-corrected chi connectivity index (χ2v) is 6.80. The first-order valence-corrected chi connectivity index (χ1v) is 7.80. The molecule has 2 fully saturated rings. The molecule has 1 saturated heterocycles. The topological polar surface area (TPSA) is 66.5 Å². The van der Waals surface area contributed by atoms with Crippen LogP contribution in [-0.2, 0) is 19.8 Å². The van der Waals surface area contributed by atoms with E-state index in [1.807, 2.05) is 18.2 Å². The summed E-state index contributed by atoms with van der Waals surface area (Å²) < 4.78 is 0.936. The van der Waals surface area contributed by atoms with E-state index in [0.29, 0.717) is 6.42 Å². The number of carbonyl (C=O) groups excluding carboxylic acids is 3.